The first-order chi connectivity index (χ1) is 23.4. The highest BCUT2D eigenvalue weighted by molar-refractivity contribution is 8.10. The third-order valence-corrected chi connectivity index (χ3v) is 10.7. The van der Waals surface area contributed by atoms with Gasteiger partial charge in [-0.3, -0.25) is 14.3 Å². The largest absolute Gasteiger partial charge is 0.444 e. The Balaban J connectivity index is 0.00000230. The number of nitrogens with one attached hydrogen (secondary N) is 1. The Morgan fingerprint density at radius 1 is 0.939 bits per heavy atom. The molecule has 1 atom stereocenters. The van der Waals surface area contributed by atoms with Gasteiger partial charge in [0.1, 0.15) is 5.60 Å². The van der Waals surface area contributed by atoms with Gasteiger partial charge in [0, 0.05) is 53.8 Å². The van der Waals surface area contributed by atoms with Crippen LogP contribution in [-0.2, 0) is 16.1 Å². The lowest BCUT2D eigenvalue weighted by atomic mass is 9.81. The van der Waals surface area contributed by atoms with E-state index in [1.165, 1.54) is 24.8 Å². The number of hydrogen-bond acceptors (Lipinski definition) is 5. The molecule has 10 heteroatoms. The number of benzene rings is 2. The predicted molar refractivity (Wildman–Crippen MR) is 203 cm³/mol. The van der Waals surface area contributed by atoms with E-state index in [1.54, 1.807) is 4.90 Å². The minimum Gasteiger partial charge on any atom is -0.444 e. The van der Waals surface area contributed by atoms with E-state index < -0.39 is 16.5 Å². The Bertz CT molecular complexity index is 1750. The molecule has 6 rings (SSSR count). The van der Waals surface area contributed by atoms with Gasteiger partial charge in [0.15, 0.2) is 0 Å². The number of carbonyl (C=O) groups excluding carboxylic acids is 3. The van der Waals surface area contributed by atoms with Crippen molar-refractivity contribution in [1.29, 1.82) is 0 Å². The first kappa shape index (κ1) is 36.4. The van der Waals surface area contributed by atoms with Crippen molar-refractivity contribution in [2.75, 3.05) is 40.3 Å². The number of piperazine rings is 1. The third kappa shape index (κ3) is 7.96. The molecule has 9 nitrogen and oxygen atoms in total. The van der Waals surface area contributed by atoms with Gasteiger partial charge in [-0.1, -0.05) is 63.4 Å². The Labute approximate surface area is 294 Å². The zero-order valence-electron chi connectivity index (χ0n) is 30.3. The van der Waals surface area contributed by atoms with Crippen LogP contribution in [0.15, 0.2) is 48.0 Å². The van der Waals surface area contributed by atoms with Gasteiger partial charge in [-0.15, -0.1) is 0 Å². The fourth-order valence-corrected chi connectivity index (χ4v) is 7.54. The molecule has 1 N–H and O–H groups in total. The number of nitrogens with zero attached hydrogens (tertiary/aromatic N) is 4. The lowest BCUT2D eigenvalue weighted by Gasteiger charge is -2.36. The van der Waals surface area contributed by atoms with Gasteiger partial charge in [0.2, 0.25) is 0 Å². The highest BCUT2D eigenvalue weighted by atomic mass is 32.2. The first-order valence-corrected chi connectivity index (χ1v) is 19.0. The molecular weight excluding hydrogens is 635 g/mol. The van der Waals surface area contributed by atoms with E-state index in [4.69, 9.17) is 4.74 Å². The zero-order chi connectivity index (χ0) is 35.5. The summed E-state index contributed by atoms with van der Waals surface area (Å²) in [6.45, 7) is 11.7. The van der Waals surface area contributed by atoms with Crippen molar-refractivity contribution in [2.45, 2.75) is 84.8 Å². The molecule has 0 radical (unpaired) electrons. The van der Waals surface area contributed by atoms with Crippen LogP contribution in [-0.4, -0.2) is 88.3 Å². The number of aromatic nitrogens is 1. The van der Waals surface area contributed by atoms with Gasteiger partial charge in [0.25, 0.3) is 11.8 Å². The molecular formula is C39H53N5O4S. The molecule has 1 saturated carbocycles. The fraction of sp³-hybridized carbons (Fsp3) is 0.487. The normalized spacial score (nSPS) is 17.3. The van der Waals surface area contributed by atoms with E-state index in [9.17, 15) is 14.4 Å². The molecule has 1 aliphatic carbocycles. The average molecular weight is 688 g/mol. The van der Waals surface area contributed by atoms with Crippen LogP contribution in [0.4, 0.5) is 4.79 Å². The summed E-state index contributed by atoms with van der Waals surface area (Å²) in [6.07, 6.45) is 7.62. The number of hydrogen-bond donors (Lipinski definition) is 1. The maximum Gasteiger partial charge on any atom is 0.410 e. The minimum absolute atomic E-state index is 0.0291. The average Bonchev–Trinajstić information content (AvgIpc) is 3.30. The number of amides is 3. The van der Waals surface area contributed by atoms with E-state index in [0.29, 0.717) is 49.8 Å². The lowest BCUT2D eigenvalue weighted by Crippen LogP contribution is -2.52. The number of carbonyl (C=O) groups is 3. The molecule has 3 aliphatic rings. The van der Waals surface area contributed by atoms with Crippen LogP contribution in [0.2, 0.25) is 0 Å². The minimum atomic E-state index is -0.660. The summed E-state index contributed by atoms with van der Waals surface area (Å²) in [7, 11) is 3.12. The lowest BCUT2D eigenvalue weighted by molar-refractivity contribution is -0.129. The molecule has 49 heavy (non-hydrogen) atoms. The summed E-state index contributed by atoms with van der Waals surface area (Å²) in [5.41, 5.74) is 6.27. The van der Waals surface area contributed by atoms with Crippen LogP contribution in [0.1, 0.15) is 94.1 Å². The van der Waals surface area contributed by atoms with Crippen LogP contribution in [0.5, 0.6) is 0 Å². The second kappa shape index (κ2) is 15.3. The standard InChI is InChI=1S/C37H47N5O4S.C2H6/c1-37(2,3)46-36(45)41-20-18-40(19-21-41)35(44)28-22-26-14-10-11-15-29(26)33-32(25-12-8-7-9-13-25)30-17-16-27(23-31(30)42(33)24-28)34(43)38-47(6)39(4)5;1-2/h10-11,14-17,22-23,25H,6-9,12-13,18-21,24H2,1-5H3,(H,38,43);1-2H3. The van der Waals surface area contributed by atoms with Crippen LogP contribution in [0.25, 0.3) is 28.2 Å². The van der Waals surface area contributed by atoms with Crippen LogP contribution in [0.3, 0.4) is 0 Å². The highest BCUT2D eigenvalue weighted by Gasteiger charge is 2.33. The number of rotatable bonds is 5. The Kier molecular flexibility index (Phi) is 11.4. The van der Waals surface area contributed by atoms with Gasteiger partial charge in [-0.05, 0) is 99.7 Å². The second-order valence-electron chi connectivity index (χ2n) is 14.0. The van der Waals surface area contributed by atoms with Crippen LogP contribution in [0, 0.1) is 0 Å². The van der Waals surface area contributed by atoms with E-state index in [2.05, 4.69) is 39.4 Å². The topological polar surface area (TPSA) is 87.1 Å². The number of ether oxygens (including phenoxy) is 1. The Morgan fingerprint density at radius 2 is 1.59 bits per heavy atom. The van der Waals surface area contributed by atoms with Gasteiger partial charge >= 0.3 is 6.09 Å². The van der Waals surface area contributed by atoms with E-state index in [1.807, 2.05) is 82.2 Å². The highest BCUT2D eigenvalue weighted by Crippen LogP contribution is 2.46. The second-order valence-corrected chi connectivity index (χ2v) is 15.7. The van der Waals surface area contributed by atoms with Crippen LogP contribution >= 0.6 is 10.9 Å². The quantitative estimate of drug-likeness (QED) is 0.278. The van der Waals surface area contributed by atoms with Crippen molar-refractivity contribution in [2.24, 2.45) is 0 Å². The summed E-state index contributed by atoms with van der Waals surface area (Å²) in [6, 6.07) is 14.4. The zero-order valence-corrected chi connectivity index (χ0v) is 31.1. The van der Waals surface area contributed by atoms with Crippen molar-refractivity contribution in [3.8, 4) is 11.3 Å². The van der Waals surface area contributed by atoms with E-state index >= 15 is 0 Å². The third-order valence-electron chi connectivity index (χ3n) is 9.40. The first-order valence-electron chi connectivity index (χ1n) is 17.7. The maximum absolute atomic E-state index is 14.3. The van der Waals surface area contributed by atoms with Crippen molar-refractivity contribution in [3.63, 3.8) is 0 Å². The molecule has 2 aliphatic heterocycles. The van der Waals surface area contributed by atoms with E-state index in [0.717, 1.165) is 40.6 Å². The molecule has 3 amide bonds. The van der Waals surface area contributed by atoms with Crippen molar-refractivity contribution in [3.05, 3.63) is 64.7 Å². The summed E-state index contributed by atoms with van der Waals surface area (Å²) < 4.78 is 12.7. The molecule has 1 unspecified atom stereocenters. The van der Waals surface area contributed by atoms with Crippen molar-refractivity contribution in [1.82, 2.24) is 23.4 Å². The SMILES string of the molecule is C=S(NC(=O)c1ccc2c(C3CCCCC3)c3n(c2c1)CC(C(=O)N1CCN(C(=O)OC(C)(C)C)CC1)=Cc1ccccc1-3)N(C)C.CC. The maximum atomic E-state index is 14.3. The Morgan fingerprint density at radius 3 is 2.24 bits per heavy atom. The van der Waals surface area contributed by atoms with E-state index in [-0.39, 0.29) is 17.9 Å². The molecule has 0 bridgehead atoms. The van der Waals surface area contributed by atoms with Gasteiger partial charge in [-0.25, -0.2) is 9.10 Å². The number of fused-ring (bicyclic) bond motifs is 5. The molecule has 264 valence electrons. The summed E-state index contributed by atoms with van der Waals surface area (Å²) >= 11 is 0. The van der Waals surface area contributed by atoms with Gasteiger partial charge in [-0.2, -0.15) is 0 Å². The smallest absolute Gasteiger partial charge is 0.410 e. The molecule has 1 aromatic heterocycles. The van der Waals surface area contributed by atoms with Gasteiger partial charge in [0.05, 0.1) is 12.2 Å². The molecule has 2 fully saturated rings. The summed E-state index contributed by atoms with van der Waals surface area (Å²) in [5, 5.41) is 1.15. The van der Waals surface area contributed by atoms with Crippen molar-refractivity contribution < 1.29 is 19.1 Å². The van der Waals surface area contributed by atoms with Crippen molar-refractivity contribution >= 4 is 51.6 Å². The monoisotopic (exact) mass is 687 g/mol. The fourth-order valence-electron chi connectivity index (χ4n) is 7.03. The van der Waals surface area contributed by atoms with Gasteiger partial charge < -0.3 is 19.1 Å². The molecule has 1 saturated heterocycles. The Hall–Kier alpha value is -3.89. The van der Waals surface area contributed by atoms with Crippen LogP contribution < -0.4 is 4.72 Å². The molecule has 3 heterocycles. The summed E-state index contributed by atoms with van der Waals surface area (Å²) in [4.78, 5) is 43.9. The molecule has 3 aromatic rings. The molecule has 2 aromatic carbocycles. The summed E-state index contributed by atoms with van der Waals surface area (Å²) in [5.74, 6) is 4.29. The predicted octanol–water partition coefficient (Wildman–Crippen LogP) is 7.68. The molecule has 0 spiro atoms.